The quantitative estimate of drug-likeness (QED) is 0.479. The maximum absolute atomic E-state index is 12.7. The summed E-state index contributed by atoms with van der Waals surface area (Å²) in [6.07, 6.45) is 6.68. The lowest BCUT2D eigenvalue weighted by molar-refractivity contribution is 1.00. The third-order valence-corrected chi connectivity index (χ3v) is 4.95. The van der Waals surface area contributed by atoms with Crippen molar-refractivity contribution >= 4 is 34.0 Å². The predicted octanol–water partition coefficient (Wildman–Crippen LogP) is 1.82. The van der Waals surface area contributed by atoms with Gasteiger partial charge in [-0.3, -0.25) is 19.6 Å². The predicted molar refractivity (Wildman–Crippen MR) is 118 cm³/mol. The molecule has 0 unspecified atom stereocenters. The van der Waals surface area contributed by atoms with Crippen LogP contribution in [0.2, 0.25) is 0 Å². The van der Waals surface area contributed by atoms with Gasteiger partial charge < -0.3 is 9.97 Å². The van der Waals surface area contributed by atoms with Crippen LogP contribution in [0.15, 0.2) is 82.6 Å². The second kappa shape index (κ2) is 7.25. The summed E-state index contributed by atoms with van der Waals surface area (Å²) in [5.41, 5.74) is 2.50. The van der Waals surface area contributed by atoms with Gasteiger partial charge in [0, 0.05) is 23.2 Å². The van der Waals surface area contributed by atoms with Gasteiger partial charge >= 0.3 is 0 Å². The van der Waals surface area contributed by atoms with Crippen LogP contribution in [0.5, 0.6) is 0 Å². The Morgan fingerprint density at radius 2 is 1.03 bits per heavy atom. The third-order valence-electron chi connectivity index (χ3n) is 4.95. The number of para-hydroxylation sites is 2. The second-order valence-electron chi connectivity index (χ2n) is 6.86. The Hall–Kier alpha value is -4.32. The lowest BCUT2D eigenvalue weighted by Gasteiger charge is -2.01. The van der Waals surface area contributed by atoms with Crippen LogP contribution in [0.3, 0.4) is 0 Å². The average Bonchev–Trinajstić information content (AvgIpc) is 2.77. The van der Waals surface area contributed by atoms with E-state index in [1.807, 2.05) is 60.7 Å². The lowest BCUT2D eigenvalue weighted by Crippen LogP contribution is -2.46. The largest absolute Gasteiger partial charge is 0.316 e. The van der Waals surface area contributed by atoms with E-state index in [0.717, 1.165) is 32.9 Å². The number of fused-ring (bicyclic) bond motifs is 2. The number of pyridine rings is 2. The molecule has 6 heteroatoms. The van der Waals surface area contributed by atoms with E-state index >= 15 is 0 Å². The van der Waals surface area contributed by atoms with Crippen LogP contribution in [0.4, 0.5) is 0 Å². The highest BCUT2D eigenvalue weighted by Crippen LogP contribution is 2.17. The molecule has 2 N–H and O–H groups in total. The Labute approximate surface area is 169 Å². The molecule has 0 radical (unpaired) electrons. The number of rotatable bonds is 2. The van der Waals surface area contributed by atoms with E-state index < -0.39 is 0 Å². The highest BCUT2D eigenvalue weighted by Gasteiger charge is 2.03. The first-order valence-electron chi connectivity index (χ1n) is 9.43. The molecule has 0 fully saturated rings. The first-order chi connectivity index (χ1) is 14.7. The van der Waals surface area contributed by atoms with Crippen molar-refractivity contribution in [1.29, 1.82) is 0 Å². The molecule has 0 aliphatic carbocycles. The van der Waals surface area contributed by atoms with Crippen molar-refractivity contribution in [2.24, 2.45) is 0 Å². The summed E-state index contributed by atoms with van der Waals surface area (Å²) in [4.78, 5) is 39.4. The first-order valence-corrected chi connectivity index (χ1v) is 9.43. The fraction of sp³-hybridized carbons (Fsp3) is 0. The van der Waals surface area contributed by atoms with E-state index in [-0.39, 0.29) is 21.8 Å². The normalized spacial score (nSPS) is 12.7. The Morgan fingerprint density at radius 1 is 0.600 bits per heavy atom. The van der Waals surface area contributed by atoms with Crippen LogP contribution in [0.25, 0.3) is 34.0 Å². The molecule has 0 bridgehead atoms. The van der Waals surface area contributed by atoms with Crippen LogP contribution in [-0.4, -0.2) is 19.9 Å². The molecule has 0 atom stereocenters. The van der Waals surface area contributed by atoms with Crippen molar-refractivity contribution in [1.82, 2.24) is 19.9 Å². The molecule has 5 rings (SSSR count). The van der Waals surface area contributed by atoms with E-state index in [4.69, 9.17) is 0 Å². The number of hydrogen-bond acceptors (Lipinski definition) is 4. The highest BCUT2D eigenvalue weighted by molar-refractivity contribution is 5.88. The first kappa shape index (κ1) is 17.8. The Bertz CT molecular complexity index is 1510. The third kappa shape index (κ3) is 3.20. The van der Waals surface area contributed by atoms with Crippen molar-refractivity contribution in [2.75, 3.05) is 0 Å². The molecular weight excluding hydrogens is 376 g/mol. The zero-order valence-corrected chi connectivity index (χ0v) is 15.8. The van der Waals surface area contributed by atoms with Gasteiger partial charge in [0.1, 0.15) is 10.7 Å². The molecule has 6 nitrogen and oxygen atoms in total. The zero-order valence-electron chi connectivity index (χ0n) is 15.8. The summed E-state index contributed by atoms with van der Waals surface area (Å²) in [6, 6.07) is 18.9. The minimum Gasteiger partial charge on any atom is -0.316 e. The van der Waals surface area contributed by atoms with Crippen molar-refractivity contribution in [3.8, 4) is 0 Å². The van der Waals surface area contributed by atoms with E-state index in [2.05, 4.69) is 19.9 Å². The van der Waals surface area contributed by atoms with Gasteiger partial charge in [0.25, 0.3) is 11.1 Å². The number of nitrogens with zero attached hydrogens (tertiary/aromatic N) is 2. The van der Waals surface area contributed by atoms with Gasteiger partial charge in [-0.15, -0.1) is 0 Å². The monoisotopic (exact) mass is 392 g/mol. The maximum Gasteiger partial charge on any atom is 0.272 e. The molecule has 3 heterocycles. The standard InChI is InChI=1S/C24H16N4O2/c29-23-21(13-15-9-11-25-19-7-3-1-5-17(15)19)27-24(30)22(28-23)14-16-10-12-26-20-8-4-2-6-18(16)20/h1-14H,(H,27,30)(H,28,29)/b21-13-,22-14-. The Morgan fingerprint density at radius 3 is 1.50 bits per heavy atom. The van der Waals surface area contributed by atoms with E-state index in [9.17, 15) is 9.59 Å². The van der Waals surface area contributed by atoms with Gasteiger partial charge in [0.2, 0.25) is 0 Å². The van der Waals surface area contributed by atoms with E-state index in [1.165, 1.54) is 0 Å². The van der Waals surface area contributed by atoms with Gasteiger partial charge in [-0.1, -0.05) is 36.4 Å². The number of aromatic amines is 2. The molecular formula is C24H16N4O2. The molecule has 0 aliphatic heterocycles. The van der Waals surface area contributed by atoms with Gasteiger partial charge in [0.15, 0.2) is 0 Å². The zero-order chi connectivity index (χ0) is 20.5. The molecule has 5 aromatic rings. The maximum atomic E-state index is 12.7. The van der Waals surface area contributed by atoms with Crippen molar-refractivity contribution < 1.29 is 0 Å². The number of benzene rings is 2. The Kier molecular flexibility index (Phi) is 4.29. The molecule has 144 valence electrons. The van der Waals surface area contributed by atoms with E-state index in [0.29, 0.717) is 0 Å². The van der Waals surface area contributed by atoms with Crippen LogP contribution >= 0.6 is 0 Å². The number of nitrogens with one attached hydrogen (secondary N) is 2. The SMILES string of the molecule is O=c1[nH]/c(=C\c2ccnc3ccccc23)c(=O)[nH]/c1=C\c1ccnc2ccccc12. The van der Waals surface area contributed by atoms with Gasteiger partial charge in [-0.25, -0.2) is 0 Å². The van der Waals surface area contributed by atoms with Crippen molar-refractivity contribution in [2.45, 2.75) is 0 Å². The average molecular weight is 392 g/mol. The van der Waals surface area contributed by atoms with Crippen molar-refractivity contribution in [3.05, 3.63) is 116 Å². The summed E-state index contributed by atoms with van der Waals surface area (Å²) >= 11 is 0. The molecule has 0 saturated heterocycles. The molecule has 0 saturated carbocycles. The number of H-pyrrole nitrogens is 2. The van der Waals surface area contributed by atoms with E-state index in [1.54, 1.807) is 24.5 Å². The van der Waals surface area contributed by atoms with Crippen LogP contribution in [-0.2, 0) is 0 Å². The fourth-order valence-electron chi connectivity index (χ4n) is 3.49. The smallest absolute Gasteiger partial charge is 0.272 e. The summed E-state index contributed by atoms with van der Waals surface area (Å²) < 4.78 is 0. The minimum atomic E-state index is -0.375. The van der Waals surface area contributed by atoms with Crippen LogP contribution < -0.4 is 21.8 Å². The minimum absolute atomic E-state index is 0.188. The lowest BCUT2D eigenvalue weighted by atomic mass is 10.1. The molecule has 0 spiro atoms. The van der Waals surface area contributed by atoms with Gasteiger partial charge in [-0.2, -0.15) is 0 Å². The number of aromatic nitrogens is 4. The summed E-state index contributed by atoms with van der Waals surface area (Å²) in [5.74, 6) is 0. The fourth-order valence-corrected chi connectivity index (χ4v) is 3.49. The van der Waals surface area contributed by atoms with Gasteiger partial charge in [-0.05, 0) is 47.5 Å². The topological polar surface area (TPSA) is 91.5 Å². The molecule has 30 heavy (non-hydrogen) atoms. The summed E-state index contributed by atoms with van der Waals surface area (Å²) in [5, 5.41) is 2.18. The van der Waals surface area contributed by atoms with Crippen molar-refractivity contribution in [3.63, 3.8) is 0 Å². The molecule has 2 aromatic carbocycles. The molecule has 3 aromatic heterocycles. The second-order valence-corrected chi connectivity index (χ2v) is 6.86. The molecule has 0 amide bonds. The Balaban J connectivity index is 1.69. The summed E-state index contributed by atoms with van der Waals surface area (Å²) in [7, 11) is 0. The van der Waals surface area contributed by atoms with Crippen LogP contribution in [0, 0.1) is 0 Å². The van der Waals surface area contributed by atoms with Crippen LogP contribution in [0.1, 0.15) is 11.1 Å². The number of hydrogen-bond donors (Lipinski definition) is 2. The summed E-state index contributed by atoms with van der Waals surface area (Å²) in [6.45, 7) is 0. The van der Waals surface area contributed by atoms with Gasteiger partial charge in [0.05, 0.1) is 11.0 Å². The highest BCUT2D eigenvalue weighted by atomic mass is 16.1. The molecule has 0 aliphatic rings.